The van der Waals surface area contributed by atoms with E-state index >= 15 is 0 Å². The van der Waals surface area contributed by atoms with Crippen LogP contribution in [0.15, 0.2) is 84.0 Å². The van der Waals surface area contributed by atoms with Crippen LogP contribution in [0.3, 0.4) is 0 Å². The summed E-state index contributed by atoms with van der Waals surface area (Å²) in [6.07, 6.45) is 0.615. The minimum atomic E-state index is -0.480. The van der Waals surface area contributed by atoms with Gasteiger partial charge in [0.25, 0.3) is 0 Å². The lowest BCUT2D eigenvalue weighted by Crippen LogP contribution is -2.45. The molecule has 0 saturated heterocycles. The maximum Gasteiger partial charge on any atom is 0.244 e. The number of aromatic nitrogens is 3. The quantitative estimate of drug-likeness (QED) is 0.405. The van der Waals surface area contributed by atoms with E-state index in [1.54, 1.807) is 11.0 Å². The molecule has 0 aliphatic carbocycles. The maximum atomic E-state index is 13.5. The highest BCUT2D eigenvalue weighted by molar-refractivity contribution is 8.00. The minimum absolute atomic E-state index is 0.00935. The lowest BCUT2D eigenvalue weighted by Gasteiger charge is -2.30. The van der Waals surface area contributed by atoms with E-state index in [9.17, 15) is 9.59 Å². The number of fused-ring (bicyclic) bond motifs is 1. The third-order valence-corrected chi connectivity index (χ3v) is 6.86. The highest BCUT2D eigenvalue weighted by atomic mass is 32.2. The zero-order chi connectivity index (χ0) is 24.4. The monoisotopic (exact) mass is 483 g/mol. The Labute approximate surface area is 208 Å². The Morgan fingerprint density at radius 2 is 1.80 bits per heavy atom. The molecule has 7 nitrogen and oxygen atoms in total. The summed E-state index contributed by atoms with van der Waals surface area (Å²) < 4.78 is 2.02. The normalized spacial score (nSPS) is 13.8. The Hall–Kier alpha value is -3.91. The summed E-state index contributed by atoms with van der Waals surface area (Å²) in [5.74, 6) is 0.440. The zero-order valence-electron chi connectivity index (χ0n) is 19.5. The van der Waals surface area contributed by atoms with Crippen molar-refractivity contribution in [1.82, 2.24) is 14.8 Å². The summed E-state index contributed by atoms with van der Waals surface area (Å²) in [4.78, 5) is 27.3. The molecule has 1 aliphatic heterocycles. The Bertz CT molecular complexity index is 1390. The number of nitrogens with one attached hydrogen (secondary N) is 1. The van der Waals surface area contributed by atoms with E-state index in [-0.39, 0.29) is 18.4 Å². The summed E-state index contributed by atoms with van der Waals surface area (Å²) in [5, 5.41) is 12.0. The standard InChI is InChI=1S/C27H25N5O2S/c1-18-9-8-12-21(15-18)32-24(16-20-10-4-3-5-11-20)29-30-27(32)35-19(2)26(34)31-17-25(33)28-22-13-6-7-14-23(22)31/h3-15,19H,16-17H2,1-2H3,(H,28,33). The first-order valence-electron chi connectivity index (χ1n) is 11.4. The second-order valence-corrected chi connectivity index (χ2v) is 9.79. The van der Waals surface area contributed by atoms with Crippen molar-refractivity contribution in [2.45, 2.75) is 30.7 Å². The Morgan fingerprint density at radius 3 is 2.60 bits per heavy atom. The number of carbonyl (C=O) groups excluding carboxylic acids is 2. The van der Waals surface area contributed by atoms with Gasteiger partial charge in [0, 0.05) is 12.1 Å². The van der Waals surface area contributed by atoms with Crippen LogP contribution in [0.25, 0.3) is 5.69 Å². The molecule has 1 atom stereocenters. The zero-order valence-corrected chi connectivity index (χ0v) is 20.3. The van der Waals surface area contributed by atoms with Gasteiger partial charge in [0.2, 0.25) is 11.8 Å². The molecule has 1 aliphatic rings. The topological polar surface area (TPSA) is 80.1 Å². The van der Waals surface area contributed by atoms with E-state index in [0.717, 1.165) is 22.6 Å². The molecule has 0 bridgehead atoms. The Balaban J connectivity index is 1.46. The predicted molar refractivity (Wildman–Crippen MR) is 138 cm³/mol. The number of carbonyl (C=O) groups is 2. The summed E-state index contributed by atoms with van der Waals surface area (Å²) in [6, 6.07) is 25.6. The second kappa shape index (κ2) is 9.76. The van der Waals surface area contributed by atoms with Crippen molar-refractivity contribution in [3.05, 3.63) is 95.8 Å². The van der Waals surface area contributed by atoms with Crippen molar-refractivity contribution in [3.63, 3.8) is 0 Å². The van der Waals surface area contributed by atoms with Crippen LogP contribution in [0, 0.1) is 6.92 Å². The van der Waals surface area contributed by atoms with Crippen molar-refractivity contribution in [1.29, 1.82) is 0 Å². The number of rotatable bonds is 6. The molecule has 8 heteroatoms. The van der Waals surface area contributed by atoms with Crippen LogP contribution in [-0.4, -0.2) is 38.4 Å². The van der Waals surface area contributed by atoms with Crippen LogP contribution >= 0.6 is 11.8 Å². The molecule has 0 saturated carbocycles. The highest BCUT2D eigenvalue weighted by Gasteiger charge is 2.31. The van der Waals surface area contributed by atoms with Crippen molar-refractivity contribution in [3.8, 4) is 5.69 Å². The van der Waals surface area contributed by atoms with Gasteiger partial charge in [0.1, 0.15) is 12.4 Å². The largest absolute Gasteiger partial charge is 0.323 e. The van der Waals surface area contributed by atoms with Gasteiger partial charge in [-0.15, -0.1) is 10.2 Å². The van der Waals surface area contributed by atoms with Crippen LogP contribution in [0.4, 0.5) is 11.4 Å². The summed E-state index contributed by atoms with van der Waals surface area (Å²) >= 11 is 1.35. The molecule has 2 heterocycles. The van der Waals surface area contributed by atoms with Crippen molar-refractivity contribution < 1.29 is 9.59 Å². The van der Waals surface area contributed by atoms with Gasteiger partial charge < -0.3 is 5.32 Å². The molecule has 35 heavy (non-hydrogen) atoms. The van der Waals surface area contributed by atoms with E-state index in [2.05, 4.69) is 33.7 Å². The number of thioether (sulfide) groups is 1. The molecule has 2 amide bonds. The van der Waals surface area contributed by atoms with Gasteiger partial charge in [-0.25, -0.2) is 0 Å². The van der Waals surface area contributed by atoms with Gasteiger partial charge >= 0.3 is 0 Å². The fourth-order valence-corrected chi connectivity index (χ4v) is 5.10. The molecular formula is C27H25N5O2S. The summed E-state index contributed by atoms with van der Waals surface area (Å²) in [6.45, 7) is 3.88. The fraction of sp³-hybridized carbons (Fsp3) is 0.185. The van der Waals surface area contributed by atoms with Crippen LogP contribution < -0.4 is 10.2 Å². The van der Waals surface area contributed by atoms with Crippen LogP contribution in [0.5, 0.6) is 0 Å². The van der Waals surface area contributed by atoms with Gasteiger partial charge in [0.05, 0.1) is 16.6 Å². The molecule has 0 spiro atoms. The van der Waals surface area contributed by atoms with Gasteiger partial charge in [-0.1, -0.05) is 66.4 Å². The molecule has 0 radical (unpaired) electrons. The van der Waals surface area contributed by atoms with Gasteiger partial charge in [-0.2, -0.15) is 0 Å². The number of anilines is 2. The molecular weight excluding hydrogens is 458 g/mol. The van der Waals surface area contributed by atoms with Crippen molar-refractivity contribution in [2.24, 2.45) is 0 Å². The molecule has 5 rings (SSSR count). The van der Waals surface area contributed by atoms with Gasteiger partial charge in [-0.3, -0.25) is 19.1 Å². The second-order valence-electron chi connectivity index (χ2n) is 8.49. The van der Waals surface area contributed by atoms with E-state index in [1.807, 2.05) is 73.0 Å². The molecule has 176 valence electrons. The van der Waals surface area contributed by atoms with Crippen LogP contribution in [0.2, 0.25) is 0 Å². The van der Waals surface area contributed by atoms with Crippen molar-refractivity contribution >= 4 is 35.0 Å². The van der Waals surface area contributed by atoms with E-state index in [4.69, 9.17) is 0 Å². The first-order chi connectivity index (χ1) is 17.0. The van der Waals surface area contributed by atoms with E-state index in [0.29, 0.717) is 23.0 Å². The fourth-order valence-electron chi connectivity index (χ4n) is 4.15. The van der Waals surface area contributed by atoms with Gasteiger partial charge in [-0.05, 0) is 49.2 Å². The number of benzene rings is 3. The third kappa shape index (κ3) is 4.83. The average Bonchev–Trinajstić information content (AvgIpc) is 3.25. The lowest BCUT2D eigenvalue weighted by molar-refractivity contribution is -0.121. The highest BCUT2D eigenvalue weighted by Crippen LogP contribution is 2.33. The third-order valence-electron chi connectivity index (χ3n) is 5.83. The molecule has 1 N–H and O–H groups in total. The van der Waals surface area contributed by atoms with E-state index < -0.39 is 5.25 Å². The first-order valence-corrected chi connectivity index (χ1v) is 12.3. The molecule has 3 aromatic carbocycles. The van der Waals surface area contributed by atoms with Gasteiger partial charge in [0.15, 0.2) is 5.16 Å². The minimum Gasteiger partial charge on any atom is -0.323 e. The molecule has 0 fully saturated rings. The first kappa shape index (κ1) is 22.9. The smallest absolute Gasteiger partial charge is 0.244 e. The van der Waals surface area contributed by atoms with Crippen LogP contribution in [0.1, 0.15) is 23.9 Å². The number of hydrogen-bond acceptors (Lipinski definition) is 5. The molecule has 1 aromatic heterocycles. The number of nitrogens with zero attached hydrogens (tertiary/aromatic N) is 4. The van der Waals surface area contributed by atoms with Crippen LogP contribution in [-0.2, 0) is 16.0 Å². The predicted octanol–water partition coefficient (Wildman–Crippen LogP) is 4.63. The SMILES string of the molecule is Cc1cccc(-n2c(Cc3ccccc3)nnc2SC(C)C(=O)N2CC(=O)Nc3ccccc32)c1. The number of para-hydroxylation sites is 2. The summed E-state index contributed by atoms with van der Waals surface area (Å²) in [5.41, 5.74) is 4.55. The number of amides is 2. The Morgan fingerprint density at radius 1 is 1.03 bits per heavy atom. The van der Waals surface area contributed by atoms with E-state index in [1.165, 1.54) is 11.8 Å². The Kier molecular flexibility index (Phi) is 6.37. The molecule has 1 unspecified atom stereocenters. The number of aryl methyl sites for hydroxylation is 1. The molecule has 4 aromatic rings. The average molecular weight is 484 g/mol. The summed E-state index contributed by atoms with van der Waals surface area (Å²) in [7, 11) is 0. The number of hydrogen-bond donors (Lipinski definition) is 1. The maximum absolute atomic E-state index is 13.5. The lowest BCUT2D eigenvalue weighted by atomic mass is 10.1. The van der Waals surface area contributed by atoms with Crippen molar-refractivity contribution in [2.75, 3.05) is 16.8 Å².